The molecule has 2 aromatic rings. The van der Waals surface area contributed by atoms with Crippen molar-refractivity contribution >= 4 is 11.6 Å². The molecule has 0 aliphatic rings. The molecule has 1 aromatic heterocycles. The van der Waals surface area contributed by atoms with E-state index in [0.29, 0.717) is 6.42 Å². The fourth-order valence-electron chi connectivity index (χ4n) is 1.48. The zero-order valence-corrected chi connectivity index (χ0v) is 9.01. The molecule has 2 rings (SSSR count). The highest BCUT2D eigenvalue weighted by molar-refractivity contribution is 6.30. The number of benzene rings is 1. The molecule has 0 amide bonds. The fraction of sp³-hybridized carbons (Fsp3) is 0.167. The first kappa shape index (κ1) is 10.2. The van der Waals surface area contributed by atoms with Crippen LogP contribution in [0.5, 0.6) is 0 Å². The van der Waals surface area contributed by atoms with Crippen molar-refractivity contribution in [3.05, 3.63) is 58.3 Å². The summed E-state index contributed by atoms with van der Waals surface area (Å²) >= 11 is 5.59. The summed E-state index contributed by atoms with van der Waals surface area (Å²) in [4.78, 5) is 0. The van der Waals surface area contributed by atoms with Crippen molar-refractivity contribution in [1.82, 2.24) is 0 Å². The third-order valence-corrected chi connectivity index (χ3v) is 2.48. The van der Waals surface area contributed by atoms with Gasteiger partial charge in [0.05, 0.1) is 11.3 Å². The molecule has 0 atom stereocenters. The molecule has 0 bridgehead atoms. The van der Waals surface area contributed by atoms with Crippen LogP contribution in [0, 0.1) is 12.7 Å². The van der Waals surface area contributed by atoms with Crippen molar-refractivity contribution in [3.8, 4) is 0 Å². The van der Waals surface area contributed by atoms with Crippen molar-refractivity contribution in [2.45, 2.75) is 13.3 Å². The third-order valence-electron chi connectivity index (χ3n) is 2.18. The molecule has 0 radical (unpaired) electrons. The summed E-state index contributed by atoms with van der Waals surface area (Å²) in [6, 6.07) is 6.77. The highest BCUT2D eigenvalue weighted by Crippen LogP contribution is 2.18. The number of hydrogen-bond acceptors (Lipinski definition) is 1. The van der Waals surface area contributed by atoms with Crippen LogP contribution in [0.2, 0.25) is 5.02 Å². The Hall–Kier alpha value is -1.28. The molecule has 0 saturated heterocycles. The summed E-state index contributed by atoms with van der Waals surface area (Å²) in [6.07, 6.45) is 2.34. The van der Waals surface area contributed by atoms with Gasteiger partial charge in [0.15, 0.2) is 0 Å². The minimum atomic E-state index is -0.380. The summed E-state index contributed by atoms with van der Waals surface area (Å²) in [7, 11) is 0. The first-order valence-corrected chi connectivity index (χ1v) is 5.01. The Morgan fingerprint density at radius 2 is 2.07 bits per heavy atom. The predicted octanol–water partition coefficient (Wildman–Crippen LogP) is 3.97. The highest BCUT2D eigenvalue weighted by atomic mass is 35.5. The lowest BCUT2D eigenvalue weighted by Gasteiger charge is -1.99. The summed E-state index contributed by atoms with van der Waals surface area (Å²) < 4.78 is 18.3. The lowest BCUT2D eigenvalue weighted by atomic mass is 10.1. The molecule has 78 valence electrons. The molecule has 0 unspecified atom stereocenters. The van der Waals surface area contributed by atoms with Gasteiger partial charge < -0.3 is 4.42 Å². The van der Waals surface area contributed by atoms with Crippen molar-refractivity contribution in [3.63, 3.8) is 0 Å². The lowest BCUT2D eigenvalue weighted by molar-refractivity contribution is 0.532. The van der Waals surface area contributed by atoms with E-state index in [2.05, 4.69) is 0 Å². The molecule has 1 aromatic carbocycles. The molecule has 0 fully saturated rings. The summed E-state index contributed by atoms with van der Waals surface area (Å²) in [5.41, 5.74) is 1.92. The Balaban J connectivity index is 2.21. The molecule has 0 spiro atoms. The van der Waals surface area contributed by atoms with Gasteiger partial charge in [0, 0.05) is 6.42 Å². The number of hydrogen-bond donors (Lipinski definition) is 0. The van der Waals surface area contributed by atoms with Crippen LogP contribution in [-0.4, -0.2) is 0 Å². The predicted molar refractivity (Wildman–Crippen MR) is 57.7 cm³/mol. The van der Waals surface area contributed by atoms with Crippen LogP contribution >= 0.6 is 11.6 Å². The number of furan rings is 1. The van der Waals surface area contributed by atoms with Crippen molar-refractivity contribution in [2.24, 2.45) is 0 Å². The second kappa shape index (κ2) is 4.07. The molecular weight excluding hydrogens is 215 g/mol. The van der Waals surface area contributed by atoms with E-state index in [-0.39, 0.29) is 10.8 Å². The Morgan fingerprint density at radius 1 is 1.27 bits per heavy atom. The van der Waals surface area contributed by atoms with Crippen LogP contribution in [0.25, 0.3) is 0 Å². The van der Waals surface area contributed by atoms with Crippen LogP contribution < -0.4 is 0 Å². The average Bonchev–Trinajstić information content (AvgIpc) is 2.58. The van der Waals surface area contributed by atoms with E-state index in [1.165, 1.54) is 6.07 Å². The fourth-order valence-corrected chi connectivity index (χ4v) is 1.59. The number of aryl methyl sites for hydroxylation is 1. The van der Waals surface area contributed by atoms with E-state index < -0.39 is 0 Å². The van der Waals surface area contributed by atoms with Crippen LogP contribution in [0.1, 0.15) is 16.9 Å². The van der Waals surface area contributed by atoms with E-state index >= 15 is 0 Å². The van der Waals surface area contributed by atoms with E-state index in [0.717, 1.165) is 16.9 Å². The second-order valence-electron chi connectivity index (χ2n) is 3.49. The quantitative estimate of drug-likeness (QED) is 0.752. The molecular formula is C12H10ClFO. The summed E-state index contributed by atoms with van der Waals surface area (Å²) in [5.74, 6) is 0.480. The lowest BCUT2D eigenvalue weighted by Crippen LogP contribution is -1.87. The molecule has 0 aliphatic carbocycles. The first-order valence-electron chi connectivity index (χ1n) is 4.63. The molecule has 0 N–H and O–H groups in total. The van der Waals surface area contributed by atoms with Crippen molar-refractivity contribution < 1.29 is 8.81 Å². The van der Waals surface area contributed by atoms with Crippen LogP contribution in [0.4, 0.5) is 4.39 Å². The zero-order valence-electron chi connectivity index (χ0n) is 8.26. The van der Waals surface area contributed by atoms with Crippen LogP contribution in [0.3, 0.4) is 0 Å². The second-order valence-corrected chi connectivity index (χ2v) is 3.90. The maximum absolute atomic E-state index is 13.1. The average molecular weight is 225 g/mol. The van der Waals surface area contributed by atoms with Gasteiger partial charge in [0.25, 0.3) is 0 Å². The largest absolute Gasteiger partial charge is 0.469 e. The maximum Gasteiger partial charge on any atom is 0.142 e. The van der Waals surface area contributed by atoms with Gasteiger partial charge in [-0.3, -0.25) is 0 Å². The van der Waals surface area contributed by atoms with Gasteiger partial charge in [-0.1, -0.05) is 17.7 Å². The minimum Gasteiger partial charge on any atom is -0.469 e. The Kier molecular flexibility index (Phi) is 2.78. The smallest absolute Gasteiger partial charge is 0.142 e. The zero-order chi connectivity index (χ0) is 10.8. The van der Waals surface area contributed by atoms with Crippen LogP contribution in [-0.2, 0) is 6.42 Å². The monoisotopic (exact) mass is 224 g/mol. The van der Waals surface area contributed by atoms with Crippen molar-refractivity contribution in [2.75, 3.05) is 0 Å². The van der Waals surface area contributed by atoms with Gasteiger partial charge in [-0.05, 0) is 36.2 Å². The number of halogens is 2. The molecule has 3 heteroatoms. The van der Waals surface area contributed by atoms with Gasteiger partial charge in [0.1, 0.15) is 11.6 Å². The Bertz CT molecular complexity index is 476. The van der Waals surface area contributed by atoms with Gasteiger partial charge in [-0.2, -0.15) is 0 Å². The molecule has 1 nitrogen and oxygen atoms in total. The Morgan fingerprint density at radius 3 is 2.67 bits per heavy atom. The Labute approximate surface area is 92.5 Å². The SMILES string of the molecule is Cc1cc(Cc2ccc(Cl)c(F)c2)co1. The third kappa shape index (κ3) is 2.39. The standard InChI is InChI=1S/C12H10ClFO/c1-8-4-10(7-15-8)5-9-2-3-11(13)12(14)6-9/h2-4,6-7H,5H2,1H3. The summed E-state index contributed by atoms with van der Waals surface area (Å²) in [6.45, 7) is 1.88. The van der Waals surface area contributed by atoms with Gasteiger partial charge in [-0.15, -0.1) is 0 Å². The molecule has 0 saturated carbocycles. The van der Waals surface area contributed by atoms with Crippen molar-refractivity contribution in [1.29, 1.82) is 0 Å². The van der Waals surface area contributed by atoms with Gasteiger partial charge in [-0.25, -0.2) is 4.39 Å². The molecule has 1 heterocycles. The maximum atomic E-state index is 13.1. The topological polar surface area (TPSA) is 13.1 Å². The van der Waals surface area contributed by atoms with E-state index in [1.807, 2.05) is 19.1 Å². The van der Waals surface area contributed by atoms with E-state index in [9.17, 15) is 4.39 Å². The van der Waals surface area contributed by atoms with E-state index in [4.69, 9.17) is 16.0 Å². The van der Waals surface area contributed by atoms with E-state index in [1.54, 1.807) is 12.3 Å². The van der Waals surface area contributed by atoms with Gasteiger partial charge in [0.2, 0.25) is 0 Å². The highest BCUT2D eigenvalue weighted by Gasteiger charge is 2.03. The first-order chi connectivity index (χ1) is 7.15. The molecule has 15 heavy (non-hydrogen) atoms. The number of rotatable bonds is 2. The van der Waals surface area contributed by atoms with Crippen LogP contribution in [0.15, 0.2) is 34.9 Å². The normalized spacial score (nSPS) is 10.6. The minimum absolute atomic E-state index is 0.155. The van der Waals surface area contributed by atoms with Gasteiger partial charge >= 0.3 is 0 Å². The molecule has 0 aliphatic heterocycles. The summed E-state index contributed by atoms with van der Waals surface area (Å²) in [5, 5.41) is 0.155.